The highest BCUT2D eigenvalue weighted by atomic mass is 28.4. The van der Waals surface area contributed by atoms with Crippen molar-refractivity contribution in [3.05, 3.63) is 11.6 Å². The summed E-state index contributed by atoms with van der Waals surface area (Å²) in [5.41, 5.74) is 0.958. The zero-order chi connectivity index (χ0) is 13.3. The van der Waals surface area contributed by atoms with Crippen LogP contribution in [0.25, 0.3) is 0 Å². The maximum atomic E-state index is 11.4. The Bertz CT molecular complexity index is 324. The topological polar surface area (TPSA) is 26.3 Å². The highest BCUT2D eigenvalue weighted by molar-refractivity contribution is 6.74. The minimum Gasteiger partial charge on any atom is -0.411 e. The van der Waals surface area contributed by atoms with Crippen LogP contribution >= 0.6 is 0 Å². The van der Waals surface area contributed by atoms with Crippen molar-refractivity contribution in [2.24, 2.45) is 0 Å². The quantitative estimate of drug-likeness (QED) is 0.709. The van der Waals surface area contributed by atoms with E-state index in [0.717, 1.165) is 24.8 Å². The van der Waals surface area contributed by atoms with Crippen molar-refractivity contribution < 1.29 is 9.22 Å². The van der Waals surface area contributed by atoms with Crippen LogP contribution in [0.1, 0.15) is 47.0 Å². The molecule has 0 saturated carbocycles. The SMILES string of the molecule is CC(=O)C1=C[C@@H](O[Si](C)(C)C(C)(C)C)CCC1. The van der Waals surface area contributed by atoms with Crippen molar-refractivity contribution in [1.82, 2.24) is 0 Å². The van der Waals surface area contributed by atoms with Gasteiger partial charge in [0.2, 0.25) is 0 Å². The molecule has 17 heavy (non-hydrogen) atoms. The predicted octanol–water partition coefficient (Wildman–Crippen LogP) is 4.08. The van der Waals surface area contributed by atoms with Crippen LogP contribution < -0.4 is 0 Å². The molecule has 0 unspecified atom stereocenters. The van der Waals surface area contributed by atoms with Crippen LogP contribution in [0.5, 0.6) is 0 Å². The van der Waals surface area contributed by atoms with Crippen molar-refractivity contribution >= 4 is 14.1 Å². The first-order chi connectivity index (χ1) is 7.63. The maximum Gasteiger partial charge on any atom is 0.192 e. The molecule has 0 amide bonds. The molecule has 2 nitrogen and oxygen atoms in total. The van der Waals surface area contributed by atoms with Gasteiger partial charge in [0.1, 0.15) is 0 Å². The van der Waals surface area contributed by atoms with Crippen LogP contribution in [0.15, 0.2) is 11.6 Å². The lowest BCUT2D eigenvalue weighted by Gasteiger charge is -2.39. The smallest absolute Gasteiger partial charge is 0.192 e. The van der Waals surface area contributed by atoms with Gasteiger partial charge in [-0.05, 0) is 49.9 Å². The molecule has 0 radical (unpaired) electrons. The zero-order valence-electron chi connectivity index (χ0n) is 12.1. The lowest BCUT2D eigenvalue weighted by molar-refractivity contribution is -0.113. The molecule has 1 atom stereocenters. The van der Waals surface area contributed by atoms with Gasteiger partial charge in [0.05, 0.1) is 6.10 Å². The Hall–Kier alpha value is -0.413. The van der Waals surface area contributed by atoms with E-state index >= 15 is 0 Å². The summed E-state index contributed by atoms with van der Waals surface area (Å²) in [5, 5.41) is 0.231. The van der Waals surface area contributed by atoms with Gasteiger partial charge in [-0.2, -0.15) is 0 Å². The van der Waals surface area contributed by atoms with Gasteiger partial charge in [0.25, 0.3) is 0 Å². The van der Waals surface area contributed by atoms with E-state index in [9.17, 15) is 4.79 Å². The monoisotopic (exact) mass is 254 g/mol. The van der Waals surface area contributed by atoms with Gasteiger partial charge >= 0.3 is 0 Å². The molecule has 0 heterocycles. The van der Waals surface area contributed by atoms with Crippen LogP contribution in [-0.4, -0.2) is 20.2 Å². The fourth-order valence-electron chi connectivity index (χ4n) is 1.83. The van der Waals surface area contributed by atoms with Crippen molar-refractivity contribution in [2.45, 2.75) is 71.2 Å². The number of hydrogen-bond acceptors (Lipinski definition) is 2. The number of rotatable bonds is 3. The lowest BCUT2D eigenvalue weighted by atomic mass is 9.95. The highest BCUT2D eigenvalue weighted by Crippen LogP contribution is 2.38. The van der Waals surface area contributed by atoms with Crippen molar-refractivity contribution in [3.63, 3.8) is 0 Å². The Morgan fingerprint density at radius 2 is 2.00 bits per heavy atom. The van der Waals surface area contributed by atoms with Crippen LogP contribution in [0, 0.1) is 0 Å². The Kier molecular flexibility index (Phi) is 4.36. The molecule has 0 aromatic rings. The fourth-order valence-corrected chi connectivity index (χ4v) is 3.12. The standard InChI is InChI=1S/C14H26O2Si/c1-11(15)12-8-7-9-13(10-12)16-17(5,6)14(2,3)4/h10,13H,7-9H2,1-6H3/t13-/m0/s1. The molecule has 0 spiro atoms. The van der Waals surface area contributed by atoms with E-state index in [-0.39, 0.29) is 16.9 Å². The molecular weight excluding hydrogens is 228 g/mol. The number of ketones is 1. The Morgan fingerprint density at radius 1 is 1.41 bits per heavy atom. The molecule has 0 aromatic heterocycles. The summed E-state index contributed by atoms with van der Waals surface area (Å²) in [6.07, 6.45) is 5.27. The summed E-state index contributed by atoms with van der Waals surface area (Å²) < 4.78 is 6.33. The average Bonchev–Trinajstić information content (AvgIpc) is 2.15. The molecule has 0 saturated heterocycles. The highest BCUT2D eigenvalue weighted by Gasteiger charge is 2.39. The molecule has 1 aliphatic rings. The third kappa shape index (κ3) is 3.78. The van der Waals surface area contributed by atoms with E-state index in [0.29, 0.717) is 0 Å². The second-order valence-electron chi connectivity index (χ2n) is 6.56. The molecule has 0 fully saturated rings. The van der Waals surface area contributed by atoms with Gasteiger partial charge in [0.15, 0.2) is 14.1 Å². The number of allylic oxidation sites excluding steroid dienone is 1. The van der Waals surface area contributed by atoms with Crippen LogP contribution in [0.4, 0.5) is 0 Å². The first-order valence-electron chi connectivity index (χ1n) is 6.53. The summed E-state index contributed by atoms with van der Waals surface area (Å²) in [4.78, 5) is 11.4. The fraction of sp³-hybridized carbons (Fsp3) is 0.786. The van der Waals surface area contributed by atoms with Gasteiger partial charge in [0, 0.05) is 0 Å². The Labute approximate surface area is 107 Å². The first-order valence-corrected chi connectivity index (χ1v) is 9.44. The molecule has 1 rings (SSSR count). The largest absolute Gasteiger partial charge is 0.411 e. The second kappa shape index (κ2) is 5.07. The van der Waals surface area contributed by atoms with Crippen LogP contribution in [-0.2, 0) is 9.22 Å². The molecule has 1 aliphatic carbocycles. The number of carbonyl (C=O) groups excluding carboxylic acids is 1. The summed E-state index contributed by atoms with van der Waals surface area (Å²) in [5.74, 6) is 0.202. The molecule has 3 heteroatoms. The maximum absolute atomic E-state index is 11.4. The summed E-state index contributed by atoms with van der Waals surface area (Å²) >= 11 is 0. The van der Waals surface area contributed by atoms with E-state index in [4.69, 9.17) is 4.43 Å². The molecule has 0 aliphatic heterocycles. The second-order valence-corrected chi connectivity index (χ2v) is 11.3. The molecular formula is C14H26O2Si. The minimum absolute atomic E-state index is 0.156. The van der Waals surface area contributed by atoms with E-state index in [1.807, 2.05) is 0 Å². The van der Waals surface area contributed by atoms with Gasteiger partial charge in [-0.1, -0.05) is 26.8 Å². The van der Waals surface area contributed by atoms with Crippen LogP contribution in [0.2, 0.25) is 18.1 Å². The van der Waals surface area contributed by atoms with E-state index in [2.05, 4.69) is 39.9 Å². The molecule has 0 bridgehead atoms. The van der Waals surface area contributed by atoms with Crippen LogP contribution in [0.3, 0.4) is 0 Å². The summed E-state index contributed by atoms with van der Waals surface area (Å²) in [6, 6.07) is 0. The Balaban J connectivity index is 2.76. The third-order valence-electron chi connectivity index (χ3n) is 4.03. The number of hydrogen-bond donors (Lipinski definition) is 0. The van der Waals surface area contributed by atoms with Gasteiger partial charge in [-0.15, -0.1) is 0 Å². The van der Waals surface area contributed by atoms with Gasteiger partial charge in [-0.3, -0.25) is 4.79 Å². The summed E-state index contributed by atoms with van der Waals surface area (Å²) in [7, 11) is -1.71. The normalized spacial score (nSPS) is 22.2. The third-order valence-corrected chi connectivity index (χ3v) is 8.53. The first kappa shape index (κ1) is 14.6. The minimum atomic E-state index is -1.71. The van der Waals surface area contributed by atoms with E-state index in [1.54, 1.807) is 6.92 Å². The van der Waals surface area contributed by atoms with Gasteiger partial charge in [-0.25, -0.2) is 0 Å². The number of carbonyl (C=O) groups is 1. The van der Waals surface area contributed by atoms with E-state index < -0.39 is 8.32 Å². The van der Waals surface area contributed by atoms with Gasteiger partial charge < -0.3 is 4.43 Å². The van der Waals surface area contributed by atoms with Crippen molar-refractivity contribution in [1.29, 1.82) is 0 Å². The zero-order valence-corrected chi connectivity index (χ0v) is 13.1. The Morgan fingerprint density at radius 3 is 2.47 bits per heavy atom. The summed E-state index contributed by atoms with van der Waals surface area (Å²) in [6.45, 7) is 12.9. The number of Topliss-reactive ketones (excluding diaryl/α,β-unsaturated/α-hetero) is 1. The average molecular weight is 254 g/mol. The molecule has 0 N–H and O–H groups in total. The van der Waals surface area contributed by atoms with E-state index in [1.165, 1.54) is 0 Å². The molecule has 0 aromatic carbocycles. The molecule has 98 valence electrons. The van der Waals surface area contributed by atoms with Crippen molar-refractivity contribution in [3.8, 4) is 0 Å². The lowest BCUT2D eigenvalue weighted by Crippen LogP contribution is -2.44. The predicted molar refractivity (Wildman–Crippen MR) is 74.7 cm³/mol. The van der Waals surface area contributed by atoms with Crippen molar-refractivity contribution in [2.75, 3.05) is 0 Å².